The van der Waals surface area contributed by atoms with Crippen molar-refractivity contribution in [2.45, 2.75) is 20.0 Å². The molecule has 0 aromatic rings. The van der Waals surface area contributed by atoms with Crippen LogP contribution < -0.4 is 5.32 Å². The number of hydrogen-bond acceptors (Lipinski definition) is 1. The molecule has 14 heavy (non-hydrogen) atoms. The summed E-state index contributed by atoms with van der Waals surface area (Å²) in [6.07, 6.45) is -3.26. The third-order valence-electron chi connectivity index (χ3n) is 1.39. The summed E-state index contributed by atoms with van der Waals surface area (Å²) in [7, 11) is 0. The van der Waals surface area contributed by atoms with Crippen LogP contribution in [0.5, 0.6) is 0 Å². The molecule has 1 N–H and O–H groups in total. The zero-order valence-corrected chi connectivity index (χ0v) is 10.1. The number of nitrogens with one attached hydrogen (secondary N) is 1. The molecule has 0 spiro atoms. The van der Waals surface area contributed by atoms with E-state index in [9.17, 15) is 13.2 Å². The van der Waals surface area contributed by atoms with E-state index >= 15 is 0 Å². The minimum absolute atomic E-state index is 0.264. The van der Waals surface area contributed by atoms with Gasteiger partial charge < -0.3 is 5.32 Å². The van der Waals surface area contributed by atoms with Gasteiger partial charge in [0.15, 0.2) is 0 Å². The van der Waals surface area contributed by atoms with Crippen LogP contribution in [-0.4, -0.2) is 23.5 Å². The Morgan fingerprint density at radius 1 is 1.50 bits per heavy atom. The van der Waals surface area contributed by atoms with E-state index in [-0.39, 0.29) is 5.57 Å². The smallest absolute Gasteiger partial charge is 0.343 e. The topological polar surface area (TPSA) is 24.4 Å². The van der Waals surface area contributed by atoms with E-state index < -0.39 is 11.9 Å². The van der Waals surface area contributed by atoms with Crippen LogP contribution in [0.4, 0.5) is 13.2 Å². The van der Waals surface area contributed by atoms with Gasteiger partial charge in [-0.25, -0.2) is 0 Å². The van der Waals surface area contributed by atoms with E-state index in [2.05, 4.69) is 10.3 Å². The van der Waals surface area contributed by atoms with E-state index in [1.54, 1.807) is 6.92 Å². The van der Waals surface area contributed by atoms with Gasteiger partial charge in [-0.3, -0.25) is 4.99 Å². The monoisotopic (exact) mass is 320 g/mol. The molecule has 0 amide bonds. The van der Waals surface area contributed by atoms with Gasteiger partial charge in [-0.2, -0.15) is 13.2 Å². The fourth-order valence-corrected chi connectivity index (χ4v) is 1.10. The van der Waals surface area contributed by atoms with Crippen LogP contribution in [0.2, 0.25) is 0 Å². The van der Waals surface area contributed by atoms with Gasteiger partial charge in [-0.1, -0.05) is 22.6 Å². The molecule has 0 radical (unpaired) electrons. The summed E-state index contributed by atoms with van der Waals surface area (Å²) in [5, 5.41) is 2.17. The number of halogens is 4. The second kappa shape index (κ2) is 6.26. The molecule has 2 nitrogen and oxygen atoms in total. The predicted octanol–water partition coefficient (Wildman–Crippen LogP) is 2.90. The number of nitrogens with zero attached hydrogens (tertiary/aromatic N) is 1. The van der Waals surface area contributed by atoms with Crippen molar-refractivity contribution in [3.05, 3.63) is 11.3 Å². The van der Waals surface area contributed by atoms with Crippen molar-refractivity contribution >= 4 is 28.9 Å². The van der Waals surface area contributed by atoms with Gasteiger partial charge in [0, 0.05) is 11.0 Å². The van der Waals surface area contributed by atoms with Gasteiger partial charge in [-0.05, 0) is 19.4 Å². The molecule has 0 unspecified atom stereocenters. The molecular weight excluding hydrogens is 308 g/mol. The fraction of sp³-hybridized carbons (Fsp3) is 0.625. The SMILES string of the molecule is CCN=CN/C(=C(\C)CI)C(F)(F)F. The maximum atomic E-state index is 12.4. The van der Waals surface area contributed by atoms with Crippen molar-refractivity contribution in [3.63, 3.8) is 0 Å². The Morgan fingerprint density at radius 2 is 2.07 bits per heavy atom. The van der Waals surface area contributed by atoms with Crippen molar-refractivity contribution in [2.75, 3.05) is 11.0 Å². The van der Waals surface area contributed by atoms with E-state index in [1.807, 2.05) is 22.6 Å². The van der Waals surface area contributed by atoms with Crippen LogP contribution in [0.25, 0.3) is 0 Å². The Labute approximate surface area is 94.8 Å². The molecule has 6 heteroatoms. The molecule has 82 valence electrons. The standard InChI is InChI=1S/C8H12F3IN2/c1-3-13-5-14-7(6(2)4-12)8(9,10)11/h5H,3-4H2,1-2H3,(H,13,14)/b7-6+. The molecule has 0 aromatic heterocycles. The molecule has 0 fully saturated rings. The van der Waals surface area contributed by atoms with Crippen LogP contribution in [-0.2, 0) is 0 Å². The van der Waals surface area contributed by atoms with Crippen LogP contribution in [0, 0.1) is 0 Å². The molecular formula is C8H12F3IN2. The minimum Gasteiger partial charge on any atom is -0.343 e. The number of hydrogen-bond donors (Lipinski definition) is 1. The third kappa shape index (κ3) is 4.83. The van der Waals surface area contributed by atoms with Crippen LogP contribution >= 0.6 is 22.6 Å². The lowest BCUT2D eigenvalue weighted by Crippen LogP contribution is -2.27. The molecule has 0 aliphatic heterocycles. The first-order chi connectivity index (χ1) is 6.43. The molecule has 0 aromatic carbocycles. The highest BCUT2D eigenvalue weighted by Gasteiger charge is 2.34. The van der Waals surface area contributed by atoms with E-state index in [0.717, 1.165) is 6.34 Å². The number of rotatable bonds is 4. The predicted molar refractivity (Wildman–Crippen MR) is 59.8 cm³/mol. The molecule has 0 saturated heterocycles. The molecule has 0 heterocycles. The molecule has 0 aliphatic rings. The van der Waals surface area contributed by atoms with Gasteiger partial charge in [0.25, 0.3) is 0 Å². The second-order valence-electron chi connectivity index (χ2n) is 2.56. The van der Waals surface area contributed by atoms with E-state index in [0.29, 0.717) is 11.0 Å². The lowest BCUT2D eigenvalue weighted by atomic mass is 10.2. The van der Waals surface area contributed by atoms with Gasteiger partial charge in [-0.15, -0.1) is 0 Å². The Bertz CT molecular complexity index is 233. The number of alkyl halides is 4. The van der Waals surface area contributed by atoms with Crippen molar-refractivity contribution in [3.8, 4) is 0 Å². The van der Waals surface area contributed by atoms with Crippen LogP contribution in [0.3, 0.4) is 0 Å². The summed E-state index contributed by atoms with van der Waals surface area (Å²) in [4.78, 5) is 3.67. The van der Waals surface area contributed by atoms with Crippen molar-refractivity contribution in [2.24, 2.45) is 4.99 Å². The number of aliphatic imine (C=N–C) groups is 1. The van der Waals surface area contributed by atoms with Crippen molar-refractivity contribution < 1.29 is 13.2 Å². The maximum Gasteiger partial charge on any atom is 0.431 e. The summed E-state index contributed by atoms with van der Waals surface area (Å²) in [6, 6.07) is 0. The molecule has 0 rings (SSSR count). The Kier molecular flexibility index (Phi) is 6.14. The zero-order valence-electron chi connectivity index (χ0n) is 7.95. The third-order valence-corrected chi connectivity index (χ3v) is 2.54. The van der Waals surface area contributed by atoms with Crippen LogP contribution in [0.1, 0.15) is 13.8 Å². The normalized spacial score (nSPS) is 14.4. The maximum absolute atomic E-state index is 12.4. The highest BCUT2D eigenvalue weighted by molar-refractivity contribution is 14.1. The summed E-state index contributed by atoms with van der Waals surface area (Å²) in [5.41, 5.74) is -0.454. The largest absolute Gasteiger partial charge is 0.431 e. The van der Waals surface area contributed by atoms with Gasteiger partial charge in [0.05, 0.1) is 6.34 Å². The zero-order chi connectivity index (χ0) is 11.2. The van der Waals surface area contributed by atoms with Crippen molar-refractivity contribution in [1.82, 2.24) is 5.32 Å². The number of allylic oxidation sites excluding steroid dienone is 2. The Morgan fingerprint density at radius 3 is 2.43 bits per heavy atom. The minimum atomic E-state index is -4.34. The first-order valence-electron chi connectivity index (χ1n) is 4.01. The van der Waals surface area contributed by atoms with E-state index in [1.165, 1.54) is 6.92 Å². The van der Waals surface area contributed by atoms with Crippen molar-refractivity contribution in [1.29, 1.82) is 0 Å². The fourth-order valence-electron chi connectivity index (χ4n) is 0.715. The Balaban J connectivity index is 4.68. The molecule has 0 saturated carbocycles. The van der Waals surface area contributed by atoms with Gasteiger partial charge >= 0.3 is 6.18 Å². The second-order valence-corrected chi connectivity index (χ2v) is 3.32. The highest BCUT2D eigenvalue weighted by Crippen LogP contribution is 2.26. The first kappa shape index (κ1) is 13.7. The van der Waals surface area contributed by atoms with Gasteiger partial charge in [0.2, 0.25) is 0 Å². The average molecular weight is 320 g/mol. The van der Waals surface area contributed by atoms with E-state index in [4.69, 9.17) is 0 Å². The lowest BCUT2D eigenvalue weighted by molar-refractivity contribution is -0.0955. The quantitative estimate of drug-likeness (QED) is 0.366. The average Bonchev–Trinajstić information content (AvgIpc) is 2.09. The molecule has 0 atom stereocenters. The van der Waals surface area contributed by atoms with Gasteiger partial charge in [0.1, 0.15) is 5.70 Å². The highest BCUT2D eigenvalue weighted by atomic mass is 127. The first-order valence-corrected chi connectivity index (χ1v) is 5.53. The molecule has 0 bridgehead atoms. The lowest BCUT2D eigenvalue weighted by Gasteiger charge is -2.13. The Hall–Kier alpha value is -0.270. The summed E-state index contributed by atoms with van der Waals surface area (Å²) >= 11 is 1.89. The summed E-state index contributed by atoms with van der Waals surface area (Å²) in [6.45, 7) is 3.66. The summed E-state index contributed by atoms with van der Waals surface area (Å²) in [5.74, 6) is 0. The molecule has 0 aliphatic carbocycles. The summed E-state index contributed by atoms with van der Waals surface area (Å²) < 4.78 is 37.5. The van der Waals surface area contributed by atoms with Crippen LogP contribution in [0.15, 0.2) is 16.3 Å².